The SMILES string of the molecule is COCCNCc1ccccc1SCC1CCCC1. The van der Waals surface area contributed by atoms with Crippen LogP contribution < -0.4 is 5.32 Å². The van der Waals surface area contributed by atoms with Gasteiger partial charge in [-0.25, -0.2) is 0 Å². The molecule has 0 heterocycles. The Labute approximate surface area is 121 Å². The summed E-state index contributed by atoms with van der Waals surface area (Å²) < 4.78 is 5.06. The molecule has 1 saturated carbocycles. The van der Waals surface area contributed by atoms with Gasteiger partial charge in [0, 0.05) is 30.8 Å². The standard InChI is InChI=1S/C16H25NOS/c1-18-11-10-17-12-15-8-4-5-9-16(15)19-13-14-6-2-3-7-14/h4-5,8-9,14,17H,2-3,6-7,10-13H2,1H3. The predicted molar refractivity (Wildman–Crippen MR) is 82.7 cm³/mol. The van der Waals surface area contributed by atoms with Gasteiger partial charge in [0.1, 0.15) is 0 Å². The van der Waals surface area contributed by atoms with Gasteiger partial charge in [-0.15, -0.1) is 11.8 Å². The molecule has 0 radical (unpaired) electrons. The van der Waals surface area contributed by atoms with Crippen LogP contribution in [0.5, 0.6) is 0 Å². The van der Waals surface area contributed by atoms with Crippen molar-refractivity contribution in [2.45, 2.75) is 37.1 Å². The first-order valence-electron chi connectivity index (χ1n) is 7.30. The summed E-state index contributed by atoms with van der Waals surface area (Å²) in [4.78, 5) is 1.44. The summed E-state index contributed by atoms with van der Waals surface area (Å²) in [7, 11) is 1.74. The zero-order chi connectivity index (χ0) is 13.3. The Morgan fingerprint density at radius 2 is 2.05 bits per heavy atom. The van der Waals surface area contributed by atoms with Crippen molar-refractivity contribution in [3.05, 3.63) is 29.8 Å². The van der Waals surface area contributed by atoms with E-state index >= 15 is 0 Å². The van der Waals surface area contributed by atoms with Crippen molar-refractivity contribution in [1.29, 1.82) is 0 Å². The zero-order valence-electron chi connectivity index (χ0n) is 11.9. The number of rotatable bonds is 8. The van der Waals surface area contributed by atoms with E-state index in [0.717, 1.165) is 25.6 Å². The molecule has 1 aliphatic carbocycles. The van der Waals surface area contributed by atoms with Crippen LogP contribution in [0.3, 0.4) is 0 Å². The van der Waals surface area contributed by atoms with Crippen molar-refractivity contribution in [3.63, 3.8) is 0 Å². The van der Waals surface area contributed by atoms with Gasteiger partial charge in [0.2, 0.25) is 0 Å². The van der Waals surface area contributed by atoms with Crippen molar-refractivity contribution in [2.24, 2.45) is 5.92 Å². The highest BCUT2D eigenvalue weighted by atomic mass is 32.2. The maximum Gasteiger partial charge on any atom is 0.0587 e. The number of thioether (sulfide) groups is 1. The van der Waals surface area contributed by atoms with E-state index < -0.39 is 0 Å². The molecular weight excluding hydrogens is 254 g/mol. The van der Waals surface area contributed by atoms with Crippen LogP contribution in [0.2, 0.25) is 0 Å². The molecule has 3 heteroatoms. The van der Waals surface area contributed by atoms with Gasteiger partial charge in [0.25, 0.3) is 0 Å². The monoisotopic (exact) mass is 279 g/mol. The molecule has 0 bridgehead atoms. The largest absolute Gasteiger partial charge is 0.383 e. The van der Waals surface area contributed by atoms with E-state index in [1.807, 2.05) is 11.8 Å². The Morgan fingerprint density at radius 3 is 2.84 bits per heavy atom. The molecule has 1 aromatic rings. The second kappa shape index (κ2) is 8.62. The molecule has 0 atom stereocenters. The first kappa shape index (κ1) is 14.9. The van der Waals surface area contributed by atoms with Crippen LogP contribution >= 0.6 is 11.8 Å². The highest BCUT2D eigenvalue weighted by molar-refractivity contribution is 7.99. The quantitative estimate of drug-likeness (QED) is 0.579. The van der Waals surface area contributed by atoms with Gasteiger partial charge < -0.3 is 10.1 Å². The number of benzene rings is 1. The van der Waals surface area contributed by atoms with Gasteiger partial charge in [0.15, 0.2) is 0 Å². The zero-order valence-corrected chi connectivity index (χ0v) is 12.7. The lowest BCUT2D eigenvalue weighted by atomic mass is 10.1. The van der Waals surface area contributed by atoms with E-state index in [1.54, 1.807) is 7.11 Å². The molecule has 1 N–H and O–H groups in total. The molecule has 0 spiro atoms. The average Bonchev–Trinajstić information content (AvgIpc) is 2.96. The van der Waals surface area contributed by atoms with Crippen LogP contribution in [0.25, 0.3) is 0 Å². The van der Waals surface area contributed by atoms with E-state index in [4.69, 9.17) is 4.74 Å². The summed E-state index contributed by atoms with van der Waals surface area (Å²) in [5.41, 5.74) is 1.42. The molecule has 1 aliphatic rings. The lowest BCUT2D eigenvalue weighted by molar-refractivity contribution is 0.199. The number of ether oxygens (including phenoxy) is 1. The molecule has 0 aromatic heterocycles. The number of hydrogen-bond donors (Lipinski definition) is 1. The van der Waals surface area contributed by atoms with Gasteiger partial charge in [0.05, 0.1) is 6.61 Å². The molecule has 2 nitrogen and oxygen atoms in total. The van der Waals surface area contributed by atoms with Gasteiger partial charge in [-0.1, -0.05) is 31.0 Å². The lowest BCUT2D eigenvalue weighted by Gasteiger charge is -2.12. The topological polar surface area (TPSA) is 21.3 Å². The summed E-state index contributed by atoms with van der Waals surface area (Å²) in [6.07, 6.45) is 5.74. The maximum atomic E-state index is 5.06. The Kier molecular flexibility index (Phi) is 6.75. The van der Waals surface area contributed by atoms with Crippen molar-refractivity contribution in [2.75, 3.05) is 26.0 Å². The molecule has 2 rings (SSSR count). The summed E-state index contributed by atoms with van der Waals surface area (Å²) >= 11 is 2.04. The highest BCUT2D eigenvalue weighted by Gasteiger charge is 2.15. The van der Waals surface area contributed by atoms with E-state index in [0.29, 0.717) is 0 Å². The van der Waals surface area contributed by atoms with Crippen LogP contribution in [0.1, 0.15) is 31.2 Å². The van der Waals surface area contributed by atoms with E-state index in [2.05, 4.69) is 29.6 Å². The fourth-order valence-electron chi connectivity index (χ4n) is 2.57. The second-order valence-corrected chi connectivity index (χ2v) is 6.30. The molecule has 1 fully saturated rings. The first-order valence-corrected chi connectivity index (χ1v) is 8.29. The molecular formula is C16H25NOS. The lowest BCUT2D eigenvalue weighted by Crippen LogP contribution is -2.18. The smallest absolute Gasteiger partial charge is 0.0587 e. The minimum absolute atomic E-state index is 0.775. The van der Waals surface area contributed by atoms with Gasteiger partial charge in [-0.3, -0.25) is 0 Å². The Balaban J connectivity index is 1.80. The summed E-state index contributed by atoms with van der Waals surface area (Å²) in [5.74, 6) is 2.23. The second-order valence-electron chi connectivity index (χ2n) is 5.24. The normalized spacial score (nSPS) is 16.1. The van der Waals surface area contributed by atoms with Gasteiger partial charge >= 0.3 is 0 Å². The molecule has 19 heavy (non-hydrogen) atoms. The van der Waals surface area contributed by atoms with Crippen LogP contribution in [0.15, 0.2) is 29.2 Å². The Bertz CT molecular complexity index is 364. The van der Waals surface area contributed by atoms with Gasteiger partial charge in [-0.05, 0) is 30.4 Å². The van der Waals surface area contributed by atoms with E-state index in [1.165, 1.54) is 41.9 Å². The van der Waals surface area contributed by atoms with Crippen LogP contribution in [0, 0.1) is 5.92 Å². The number of hydrogen-bond acceptors (Lipinski definition) is 3. The fraction of sp³-hybridized carbons (Fsp3) is 0.625. The summed E-state index contributed by atoms with van der Waals surface area (Å²) in [5, 5.41) is 3.43. The predicted octanol–water partition coefficient (Wildman–Crippen LogP) is 3.70. The molecule has 0 unspecified atom stereocenters. The van der Waals surface area contributed by atoms with Crippen molar-refractivity contribution in [3.8, 4) is 0 Å². The van der Waals surface area contributed by atoms with Crippen molar-refractivity contribution in [1.82, 2.24) is 5.32 Å². The molecule has 0 saturated heterocycles. The van der Waals surface area contributed by atoms with Gasteiger partial charge in [-0.2, -0.15) is 0 Å². The molecule has 0 amide bonds. The Morgan fingerprint density at radius 1 is 1.26 bits per heavy atom. The fourth-order valence-corrected chi connectivity index (χ4v) is 3.82. The van der Waals surface area contributed by atoms with Crippen LogP contribution in [0.4, 0.5) is 0 Å². The number of methoxy groups -OCH3 is 1. The third-order valence-electron chi connectivity index (χ3n) is 3.72. The Hall–Kier alpha value is -0.510. The molecule has 1 aromatic carbocycles. The van der Waals surface area contributed by atoms with E-state index in [-0.39, 0.29) is 0 Å². The third-order valence-corrected chi connectivity index (χ3v) is 5.07. The minimum Gasteiger partial charge on any atom is -0.383 e. The van der Waals surface area contributed by atoms with Crippen LogP contribution in [-0.4, -0.2) is 26.0 Å². The summed E-state index contributed by atoms with van der Waals surface area (Å²) in [6.45, 7) is 2.63. The first-order chi connectivity index (χ1) is 9.40. The summed E-state index contributed by atoms with van der Waals surface area (Å²) in [6, 6.07) is 8.77. The number of nitrogens with one attached hydrogen (secondary N) is 1. The third kappa shape index (κ3) is 5.17. The molecule has 0 aliphatic heterocycles. The van der Waals surface area contributed by atoms with Crippen LogP contribution in [-0.2, 0) is 11.3 Å². The van der Waals surface area contributed by atoms with Crippen molar-refractivity contribution >= 4 is 11.8 Å². The maximum absolute atomic E-state index is 5.06. The average molecular weight is 279 g/mol. The molecule has 106 valence electrons. The van der Waals surface area contributed by atoms with Crippen molar-refractivity contribution < 1.29 is 4.74 Å². The van der Waals surface area contributed by atoms with E-state index in [9.17, 15) is 0 Å². The highest BCUT2D eigenvalue weighted by Crippen LogP contribution is 2.32. The minimum atomic E-state index is 0.775.